The van der Waals surface area contributed by atoms with Crippen molar-refractivity contribution >= 4 is 13.3 Å². The maximum Gasteiger partial charge on any atom is 0.0798 e. The number of hydrogen-bond acceptors (Lipinski definition) is 3. The van der Waals surface area contributed by atoms with Crippen LogP contribution in [-0.4, -0.2) is 23.0 Å². The summed E-state index contributed by atoms with van der Waals surface area (Å²) >= 11 is 0. The topological polar surface area (TPSA) is 38.7 Å². The molecule has 0 saturated heterocycles. The fourth-order valence-corrected chi connectivity index (χ4v) is 7.16. The predicted molar refractivity (Wildman–Crippen MR) is 174 cm³/mol. The molecule has 0 atom stereocenters. The molecule has 42 heavy (non-hydrogen) atoms. The van der Waals surface area contributed by atoms with E-state index in [1.807, 2.05) is 66.9 Å². The zero-order valence-corrected chi connectivity index (χ0v) is 28.2. The Morgan fingerprint density at radius 2 is 1.48 bits per heavy atom. The van der Waals surface area contributed by atoms with Crippen LogP contribution in [-0.2, 0) is 26.5 Å². The predicted octanol–water partition coefficient (Wildman–Crippen LogP) is 8.83. The van der Waals surface area contributed by atoms with Gasteiger partial charge in [-0.15, -0.1) is 53.6 Å². The summed E-state index contributed by atoms with van der Waals surface area (Å²) in [6, 6.07) is 31.8. The first kappa shape index (κ1) is 31.7. The molecule has 0 N–H and O–H groups in total. The van der Waals surface area contributed by atoms with Crippen LogP contribution in [0.4, 0.5) is 0 Å². The SMILES string of the molecule is C[Si](C)(C)c1cnc(-c2[c-]nccc2)cc1CC1CCCCC1.[Ir].[c-]1ccccc1-c1ccc(-c2ccccc2)cn1. The van der Waals surface area contributed by atoms with Gasteiger partial charge in [-0.25, -0.2) is 0 Å². The largest absolute Gasteiger partial charge is 0.360 e. The molecule has 5 heteroatoms. The molecule has 0 aliphatic heterocycles. The van der Waals surface area contributed by atoms with Crippen molar-refractivity contribution in [2.75, 3.05) is 0 Å². The van der Waals surface area contributed by atoms with Gasteiger partial charge in [-0.2, -0.15) is 0 Å². The number of benzene rings is 2. The summed E-state index contributed by atoms with van der Waals surface area (Å²) < 4.78 is 0. The van der Waals surface area contributed by atoms with Gasteiger partial charge in [0.2, 0.25) is 0 Å². The van der Waals surface area contributed by atoms with Crippen molar-refractivity contribution in [2.24, 2.45) is 5.92 Å². The van der Waals surface area contributed by atoms with Crippen LogP contribution in [0.25, 0.3) is 33.6 Å². The quantitative estimate of drug-likeness (QED) is 0.129. The molecule has 1 aliphatic carbocycles. The van der Waals surface area contributed by atoms with Crippen LogP contribution < -0.4 is 5.19 Å². The molecule has 1 saturated carbocycles. The first-order valence-corrected chi connectivity index (χ1v) is 18.3. The van der Waals surface area contributed by atoms with Crippen LogP contribution in [0.2, 0.25) is 19.6 Å². The molecule has 1 fully saturated rings. The molecule has 3 heterocycles. The molecule has 6 rings (SSSR count). The maximum atomic E-state index is 4.73. The van der Waals surface area contributed by atoms with Crippen molar-refractivity contribution in [2.45, 2.75) is 58.2 Å². The first-order valence-electron chi connectivity index (χ1n) is 14.8. The third-order valence-corrected chi connectivity index (χ3v) is 9.84. The molecular formula is C37H39IrN3Si-2. The third-order valence-electron chi connectivity index (χ3n) is 7.77. The van der Waals surface area contributed by atoms with Crippen molar-refractivity contribution in [3.63, 3.8) is 0 Å². The van der Waals surface area contributed by atoms with E-state index < -0.39 is 8.07 Å². The van der Waals surface area contributed by atoms with Gasteiger partial charge in [-0.1, -0.05) is 112 Å². The summed E-state index contributed by atoms with van der Waals surface area (Å²) in [7, 11) is -1.37. The van der Waals surface area contributed by atoms with Crippen molar-refractivity contribution in [3.05, 3.63) is 121 Å². The third kappa shape index (κ3) is 8.64. The van der Waals surface area contributed by atoms with Gasteiger partial charge in [-0.05, 0) is 46.2 Å². The van der Waals surface area contributed by atoms with Crippen molar-refractivity contribution < 1.29 is 20.1 Å². The number of rotatable bonds is 6. The summed E-state index contributed by atoms with van der Waals surface area (Å²) in [4.78, 5) is 13.3. The summed E-state index contributed by atoms with van der Waals surface area (Å²) in [6.07, 6.45) is 17.1. The van der Waals surface area contributed by atoms with E-state index in [1.165, 1.54) is 54.8 Å². The van der Waals surface area contributed by atoms with E-state index in [4.69, 9.17) is 4.98 Å². The average molecular weight is 746 g/mol. The van der Waals surface area contributed by atoms with E-state index in [2.05, 4.69) is 72.3 Å². The van der Waals surface area contributed by atoms with Crippen LogP contribution in [0.5, 0.6) is 0 Å². The van der Waals surface area contributed by atoms with Crippen molar-refractivity contribution in [1.82, 2.24) is 15.0 Å². The van der Waals surface area contributed by atoms with Crippen LogP contribution in [0.3, 0.4) is 0 Å². The van der Waals surface area contributed by atoms with E-state index in [0.29, 0.717) is 0 Å². The molecular weight excluding hydrogens is 707 g/mol. The van der Waals surface area contributed by atoms with Gasteiger partial charge in [0.25, 0.3) is 0 Å². The van der Waals surface area contributed by atoms with Gasteiger partial charge in [0.15, 0.2) is 0 Å². The summed E-state index contributed by atoms with van der Waals surface area (Å²) in [6.45, 7) is 7.26. The average Bonchev–Trinajstić information content (AvgIpc) is 3.03. The minimum Gasteiger partial charge on any atom is -0.360 e. The Bertz CT molecular complexity index is 1440. The molecule has 0 unspecified atom stereocenters. The Labute approximate surface area is 266 Å². The molecule has 0 bridgehead atoms. The van der Waals surface area contributed by atoms with E-state index >= 15 is 0 Å². The number of aromatic nitrogens is 3. The summed E-state index contributed by atoms with van der Waals surface area (Å²) in [5.41, 5.74) is 7.85. The second kappa shape index (κ2) is 15.3. The van der Waals surface area contributed by atoms with Gasteiger partial charge in [0.1, 0.15) is 0 Å². The van der Waals surface area contributed by atoms with Gasteiger partial charge >= 0.3 is 0 Å². The maximum absolute atomic E-state index is 4.73. The normalized spacial score (nSPS) is 13.4. The Hall–Kier alpha value is -3.24. The fourth-order valence-electron chi connectivity index (χ4n) is 5.57. The molecule has 217 valence electrons. The van der Waals surface area contributed by atoms with Gasteiger partial charge in [0, 0.05) is 32.5 Å². The Balaban J connectivity index is 0.000000193. The molecule has 0 amide bonds. The Morgan fingerprint density at radius 3 is 2.12 bits per heavy atom. The van der Waals surface area contributed by atoms with Crippen LogP contribution in [0.15, 0.2) is 104 Å². The van der Waals surface area contributed by atoms with Crippen LogP contribution in [0, 0.1) is 18.2 Å². The summed E-state index contributed by atoms with van der Waals surface area (Å²) in [5, 5.41) is 1.52. The van der Waals surface area contributed by atoms with Gasteiger partial charge < -0.3 is 15.0 Å². The van der Waals surface area contributed by atoms with E-state index in [1.54, 1.807) is 6.20 Å². The Morgan fingerprint density at radius 1 is 0.738 bits per heavy atom. The molecule has 3 nitrogen and oxygen atoms in total. The monoisotopic (exact) mass is 746 g/mol. The van der Waals surface area contributed by atoms with Crippen LogP contribution in [0.1, 0.15) is 37.7 Å². The molecule has 0 spiro atoms. The molecule has 1 radical (unpaired) electrons. The second-order valence-corrected chi connectivity index (χ2v) is 17.0. The van der Waals surface area contributed by atoms with Crippen molar-refractivity contribution in [1.29, 1.82) is 0 Å². The van der Waals surface area contributed by atoms with Gasteiger partial charge in [-0.3, -0.25) is 0 Å². The Kier molecular flexibility index (Phi) is 11.5. The first-order chi connectivity index (χ1) is 20.0. The van der Waals surface area contributed by atoms with Gasteiger partial charge in [0.05, 0.1) is 8.07 Å². The number of hydrogen-bond donors (Lipinski definition) is 0. The van der Waals surface area contributed by atoms with E-state index in [0.717, 1.165) is 34.0 Å². The fraction of sp³-hybridized carbons (Fsp3) is 0.270. The zero-order valence-electron chi connectivity index (χ0n) is 24.8. The number of pyridine rings is 3. The zero-order chi connectivity index (χ0) is 28.5. The molecule has 5 aromatic rings. The van der Waals surface area contributed by atoms with E-state index in [9.17, 15) is 0 Å². The minimum atomic E-state index is -1.37. The number of nitrogens with zero attached hydrogens (tertiary/aromatic N) is 3. The smallest absolute Gasteiger partial charge is 0.0798 e. The molecule has 2 aromatic carbocycles. The standard InChI is InChI=1S/C20H27N2Si.C17H12N.Ir/c1-23(2,3)20-15-22-19(17-10-7-11-21-14-17)13-18(20)12-16-8-5-4-6-9-16;1-3-7-14(8-4-1)16-11-12-17(18-13-16)15-9-5-2-6-10-15;/h7,10-11,13,15-16H,4-6,8-9,12H2,1-3H3;1-9,11-13H;/q2*-1;. The summed E-state index contributed by atoms with van der Waals surface area (Å²) in [5.74, 6) is 0.854. The minimum absolute atomic E-state index is 0. The van der Waals surface area contributed by atoms with Crippen LogP contribution >= 0.6 is 0 Å². The van der Waals surface area contributed by atoms with Crippen molar-refractivity contribution in [3.8, 4) is 33.6 Å². The molecule has 1 aliphatic rings. The van der Waals surface area contributed by atoms with E-state index in [-0.39, 0.29) is 20.1 Å². The second-order valence-electron chi connectivity index (χ2n) is 11.9. The molecule has 3 aromatic heterocycles.